The molecule has 31 heavy (non-hydrogen) atoms. The predicted molar refractivity (Wildman–Crippen MR) is 119 cm³/mol. The van der Waals surface area contributed by atoms with Gasteiger partial charge in [-0.2, -0.15) is 5.10 Å². The van der Waals surface area contributed by atoms with Gasteiger partial charge in [-0.1, -0.05) is 43.3 Å². The summed E-state index contributed by atoms with van der Waals surface area (Å²) in [7, 11) is 3.86. The molecule has 1 N–H and O–H groups in total. The van der Waals surface area contributed by atoms with Crippen LogP contribution in [0.2, 0.25) is 0 Å². The minimum Gasteiger partial charge on any atom is -0.349 e. The highest BCUT2D eigenvalue weighted by Gasteiger charge is 2.20. The van der Waals surface area contributed by atoms with Gasteiger partial charge in [-0.05, 0) is 50.7 Å². The van der Waals surface area contributed by atoms with E-state index in [-0.39, 0.29) is 17.4 Å². The average Bonchev–Trinajstić information content (AvgIpc) is 2.75. The Morgan fingerprint density at radius 3 is 2.45 bits per heavy atom. The molecule has 0 aliphatic rings. The van der Waals surface area contributed by atoms with E-state index in [0.717, 1.165) is 12.0 Å². The maximum atomic E-state index is 14.2. The number of hydrogen-bond donors (Lipinski definition) is 1. The topological polar surface area (TPSA) is 67.2 Å². The predicted octanol–water partition coefficient (Wildman–Crippen LogP) is 3.28. The maximum Gasteiger partial charge on any atom is 0.275 e. The molecule has 0 saturated heterocycles. The van der Waals surface area contributed by atoms with Gasteiger partial charge in [0.25, 0.3) is 5.91 Å². The van der Waals surface area contributed by atoms with E-state index < -0.39 is 17.2 Å². The summed E-state index contributed by atoms with van der Waals surface area (Å²) in [4.78, 5) is 27.2. The fourth-order valence-electron chi connectivity index (χ4n) is 3.42. The lowest BCUT2D eigenvalue weighted by molar-refractivity contribution is 0.0934. The number of carbonyl (C=O) groups is 1. The number of benzene rings is 2. The van der Waals surface area contributed by atoms with Crippen LogP contribution in [0.25, 0.3) is 5.69 Å². The highest BCUT2D eigenvalue weighted by Crippen LogP contribution is 2.18. The molecule has 1 atom stereocenters. The Labute approximate surface area is 181 Å². The monoisotopic (exact) mass is 422 g/mol. The molecule has 0 spiro atoms. The van der Waals surface area contributed by atoms with Crippen molar-refractivity contribution in [3.05, 3.63) is 93.2 Å². The molecule has 6 nitrogen and oxygen atoms in total. The van der Waals surface area contributed by atoms with Crippen LogP contribution in [-0.4, -0.2) is 41.2 Å². The van der Waals surface area contributed by atoms with Crippen LogP contribution in [0.3, 0.4) is 0 Å². The van der Waals surface area contributed by atoms with Gasteiger partial charge in [0.1, 0.15) is 11.5 Å². The number of aryl methyl sites for hydroxylation is 2. The third-order valence-electron chi connectivity index (χ3n) is 5.26. The second-order valence-electron chi connectivity index (χ2n) is 7.65. The second-order valence-corrected chi connectivity index (χ2v) is 7.65. The van der Waals surface area contributed by atoms with E-state index in [1.54, 1.807) is 25.1 Å². The summed E-state index contributed by atoms with van der Waals surface area (Å²) in [5, 5.41) is 6.97. The zero-order valence-electron chi connectivity index (χ0n) is 18.2. The number of nitrogens with zero attached hydrogens (tertiary/aromatic N) is 3. The first-order valence-electron chi connectivity index (χ1n) is 10.2. The summed E-state index contributed by atoms with van der Waals surface area (Å²) < 4.78 is 15.5. The third-order valence-corrected chi connectivity index (χ3v) is 5.26. The van der Waals surface area contributed by atoms with Crippen molar-refractivity contribution in [1.29, 1.82) is 0 Å². The fourth-order valence-corrected chi connectivity index (χ4v) is 3.42. The van der Waals surface area contributed by atoms with Gasteiger partial charge in [0.05, 0.1) is 6.04 Å². The number of aromatic nitrogens is 2. The molecule has 0 aliphatic carbocycles. The molecule has 3 aromatic rings. The van der Waals surface area contributed by atoms with E-state index in [2.05, 4.69) is 29.5 Å². The summed E-state index contributed by atoms with van der Waals surface area (Å²) in [5.41, 5.74) is 2.14. The highest BCUT2D eigenvalue weighted by molar-refractivity contribution is 5.92. The van der Waals surface area contributed by atoms with Crippen LogP contribution in [0.5, 0.6) is 0 Å². The smallest absolute Gasteiger partial charge is 0.275 e. The van der Waals surface area contributed by atoms with Crippen LogP contribution < -0.4 is 10.7 Å². The normalized spacial score (nSPS) is 12.1. The Morgan fingerprint density at radius 2 is 1.84 bits per heavy atom. The van der Waals surface area contributed by atoms with Gasteiger partial charge in [-0.3, -0.25) is 9.59 Å². The summed E-state index contributed by atoms with van der Waals surface area (Å²) in [6.07, 6.45) is 0.955. The largest absolute Gasteiger partial charge is 0.349 e. The minimum absolute atomic E-state index is 0.0749. The van der Waals surface area contributed by atoms with Crippen LogP contribution in [-0.2, 0) is 6.42 Å². The minimum atomic E-state index is -0.591. The molecule has 1 aromatic heterocycles. The number of para-hydroxylation sites is 1. The Morgan fingerprint density at radius 1 is 1.16 bits per heavy atom. The van der Waals surface area contributed by atoms with Crippen LogP contribution in [0.15, 0.2) is 59.4 Å². The summed E-state index contributed by atoms with van der Waals surface area (Å²) in [6.45, 7) is 4.04. The van der Waals surface area contributed by atoms with Gasteiger partial charge in [0, 0.05) is 18.3 Å². The standard InChI is InChI=1S/C24H27FN4O2/c1-5-17-10-12-18(13-11-17)21(28(3)4)15-26-24(31)23-22(30)14-16(2)29(27-23)20-9-7-6-8-19(20)25/h6-14,21H,5,15H2,1-4H3,(H,26,31). The van der Waals surface area contributed by atoms with Gasteiger partial charge in [0.2, 0.25) is 5.43 Å². The summed E-state index contributed by atoms with van der Waals surface area (Å²) in [5.74, 6) is -1.08. The number of likely N-dealkylation sites (N-methyl/N-ethyl adjacent to an activating group) is 1. The molecule has 0 saturated carbocycles. The maximum absolute atomic E-state index is 14.2. The molecule has 1 amide bonds. The number of carbonyl (C=O) groups excluding carboxylic acids is 1. The van der Waals surface area contributed by atoms with Crippen molar-refractivity contribution in [1.82, 2.24) is 20.0 Å². The van der Waals surface area contributed by atoms with Crippen molar-refractivity contribution in [3.63, 3.8) is 0 Å². The van der Waals surface area contributed by atoms with E-state index in [0.29, 0.717) is 12.2 Å². The van der Waals surface area contributed by atoms with Gasteiger partial charge < -0.3 is 10.2 Å². The molecule has 1 heterocycles. The number of nitrogens with one attached hydrogen (secondary N) is 1. The zero-order chi connectivity index (χ0) is 22.5. The van der Waals surface area contributed by atoms with E-state index in [9.17, 15) is 14.0 Å². The van der Waals surface area contributed by atoms with E-state index in [1.807, 2.05) is 31.1 Å². The summed E-state index contributed by atoms with van der Waals surface area (Å²) in [6, 6.07) is 15.5. The zero-order valence-corrected chi connectivity index (χ0v) is 18.2. The fraction of sp³-hybridized carbons (Fsp3) is 0.292. The van der Waals surface area contributed by atoms with Crippen LogP contribution >= 0.6 is 0 Å². The van der Waals surface area contributed by atoms with Crippen molar-refractivity contribution >= 4 is 5.91 Å². The highest BCUT2D eigenvalue weighted by atomic mass is 19.1. The number of hydrogen-bond acceptors (Lipinski definition) is 4. The molecular formula is C24H27FN4O2. The lowest BCUT2D eigenvalue weighted by Gasteiger charge is -2.25. The molecule has 0 fully saturated rings. The van der Waals surface area contributed by atoms with Crippen LogP contribution in [0, 0.1) is 12.7 Å². The Bertz CT molecular complexity index is 1120. The molecular weight excluding hydrogens is 395 g/mol. The molecule has 0 aliphatic heterocycles. The Kier molecular flexibility index (Phi) is 6.97. The lowest BCUT2D eigenvalue weighted by atomic mass is 10.0. The molecule has 0 bridgehead atoms. The number of rotatable bonds is 7. The average molecular weight is 423 g/mol. The molecule has 162 valence electrons. The van der Waals surface area contributed by atoms with Gasteiger partial charge in [-0.25, -0.2) is 9.07 Å². The van der Waals surface area contributed by atoms with Crippen molar-refractivity contribution < 1.29 is 9.18 Å². The molecule has 0 radical (unpaired) electrons. The summed E-state index contributed by atoms with van der Waals surface area (Å²) >= 11 is 0. The number of amides is 1. The molecule has 7 heteroatoms. The van der Waals surface area contributed by atoms with Gasteiger partial charge in [-0.15, -0.1) is 0 Å². The first kappa shape index (κ1) is 22.4. The van der Waals surface area contributed by atoms with E-state index in [1.165, 1.54) is 22.4 Å². The lowest BCUT2D eigenvalue weighted by Crippen LogP contribution is -2.37. The van der Waals surface area contributed by atoms with Crippen LogP contribution in [0.4, 0.5) is 4.39 Å². The molecule has 2 aromatic carbocycles. The molecule has 1 unspecified atom stereocenters. The van der Waals surface area contributed by atoms with Crippen LogP contribution in [0.1, 0.15) is 40.3 Å². The number of halogens is 1. The van der Waals surface area contributed by atoms with Gasteiger partial charge >= 0.3 is 0 Å². The first-order valence-corrected chi connectivity index (χ1v) is 10.2. The SMILES string of the molecule is CCc1ccc(C(CNC(=O)c2nn(-c3ccccc3F)c(C)cc2=O)N(C)C)cc1. The van der Waals surface area contributed by atoms with E-state index >= 15 is 0 Å². The second kappa shape index (κ2) is 9.66. The Balaban J connectivity index is 1.84. The van der Waals surface area contributed by atoms with E-state index in [4.69, 9.17) is 0 Å². The van der Waals surface area contributed by atoms with Crippen molar-refractivity contribution in [2.45, 2.75) is 26.3 Å². The van der Waals surface area contributed by atoms with Crippen molar-refractivity contribution in [2.75, 3.05) is 20.6 Å². The molecule has 3 rings (SSSR count). The third kappa shape index (κ3) is 5.06. The van der Waals surface area contributed by atoms with Crippen molar-refractivity contribution in [3.8, 4) is 5.69 Å². The van der Waals surface area contributed by atoms with Gasteiger partial charge in [0.15, 0.2) is 5.69 Å². The first-order chi connectivity index (χ1) is 14.8. The quantitative estimate of drug-likeness (QED) is 0.635. The van der Waals surface area contributed by atoms with Crippen molar-refractivity contribution in [2.24, 2.45) is 0 Å². The Hall–Kier alpha value is -3.32.